The fourth-order valence-electron chi connectivity index (χ4n) is 2.28. The predicted octanol–water partition coefficient (Wildman–Crippen LogP) is 2.50. The third-order valence-electron chi connectivity index (χ3n) is 3.34. The summed E-state index contributed by atoms with van der Waals surface area (Å²) in [5.41, 5.74) is -0.203. The molecule has 0 atom stereocenters. The van der Waals surface area contributed by atoms with Crippen molar-refractivity contribution in [3.05, 3.63) is 30.8 Å². The van der Waals surface area contributed by atoms with Crippen LogP contribution in [0.3, 0.4) is 0 Å². The van der Waals surface area contributed by atoms with Crippen molar-refractivity contribution in [2.75, 3.05) is 38.2 Å². The highest BCUT2D eigenvalue weighted by Crippen LogP contribution is 2.20. The van der Waals surface area contributed by atoms with Gasteiger partial charge in [-0.2, -0.15) is 0 Å². The quantitative estimate of drug-likeness (QED) is 0.797. The molecule has 5 heteroatoms. The SMILES string of the molecule is C=C(OC(C)(C)C)N1CCN(c2ccc(OC)cn2)CC1. The summed E-state index contributed by atoms with van der Waals surface area (Å²) in [4.78, 5) is 8.88. The highest BCUT2D eigenvalue weighted by atomic mass is 16.5. The van der Waals surface area contributed by atoms with Crippen LogP contribution in [0.25, 0.3) is 0 Å². The molecule has 1 saturated heterocycles. The fourth-order valence-corrected chi connectivity index (χ4v) is 2.28. The maximum Gasteiger partial charge on any atom is 0.182 e. The zero-order valence-electron chi connectivity index (χ0n) is 13.4. The molecule has 2 heterocycles. The Bertz CT molecular complexity index is 471. The van der Waals surface area contributed by atoms with Crippen molar-refractivity contribution in [1.82, 2.24) is 9.88 Å². The van der Waals surface area contributed by atoms with E-state index in [1.807, 2.05) is 32.9 Å². The second-order valence-electron chi connectivity index (χ2n) is 6.14. The van der Waals surface area contributed by atoms with Crippen LogP contribution < -0.4 is 9.64 Å². The minimum atomic E-state index is -0.203. The fraction of sp³-hybridized carbons (Fsp3) is 0.562. The van der Waals surface area contributed by atoms with Crippen LogP contribution in [-0.4, -0.2) is 48.8 Å². The van der Waals surface area contributed by atoms with Gasteiger partial charge in [0.05, 0.1) is 13.3 Å². The van der Waals surface area contributed by atoms with E-state index in [9.17, 15) is 0 Å². The van der Waals surface area contributed by atoms with Crippen LogP contribution in [-0.2, 0) is 4.74 Å². The summed E-state index contributed by atoms with van der Waals surface area (Å²) in [6, 6.07) is 3.94. The van der Waals surface area contributed by atoms with Crippen LogP contribution in [0, 0.1) is 0 Å². The molecule has 0 aromatic carbocycles. The lowest BCUT2D eigenvalue weighted by molar-refractivity contribution is 0.00164. The molecule has 1 fully saturated rings. The van der Waals surface area contributed by atoms with E-state index in [4.69, 9.17) is 9.47 Å². The molecule has 1 aromatic rings. The molecule has 0 saturated carbocycles. The van der Waals surface area contributed by atoms with Crippen molar-refractivity contribution in [2.45, 2.75) is 26.4 Å². The third-order valence-corrected chi connectivity index (χ3v) is 3.34. The number of rotatable bonds is 4. The molecule has 0 radical (unpaired) electrons. The van der Waals surface area contributed by atoms with Crippen LogP contribution in [0.4, 0.5) is 5.82 Å². The third kappa shape index (κ3) is 4.28. The van der Waals surface area contributed by atoms with Gasteiger partial charge in [0.15, 0.2) is 5.88 Å². The first kappa shape index (κ1) is 15.5. The van der Waals surface area contributed by atoms with E-state index in [-0.39, 0.29) is 5.60 Å². The van der Waals surface area contributed by atoms with E-state index in [2.05, 4.69) is 21.4 Å². The molecular weight excluding hydrogens is 266 g/mol. The normalized spacial score (nSPS) is 15.8. The van der Waals surface area contributed by atoms with Gasteiger partial charge >= 0.3 is 0 Å². The first-order chi connectivity index (χ1) is 9.89. The number of pyridine rings is 1. The van der Waals surface area contributed by atoms with Crippen molar-refractivity contribution < 1.29 is 9.47 Å². The number of hydrogen-bond donors (Lipinski definition) is 0. The van der Waals surface area contributed by atoms with E-state index in [0.29, 0.717) is 0 Å². The Morgan fingerprint density at radius 3 is 2.33 bits per heavy atom. The van der Waals surface area contributed by atoms with Gasteiger partial charge in [0, 0.05) is 26.2 Å². The number of anilines is 1. The average Bonchev–Trinajstić information content (AvgIpc) is 2.46. The Labute approximate surface area is 127 Å². The Hall–Kier alpha value is -1.91. The molecule has 5 nitrogen and oxygen atoms in total. The summed E-state index contributed by atoms with van der Waals surface area (Å²) < 4.78 is 11.0. The zero-order chi connectivity index (χ0) is 15.5. The summed E-state index contributed by atoms with van der Waals surface area (Å²) in [5.74, 6) is 2.52. The van der Waals surface area contributed by atoms with E-state index in [1.165, 1.54) is 0 Å². The molecule has 1 aromatic heterocycles. The van der Waals surface area contributed by atoms with E-state index < -0.39 is 0 Å². The summed E-state index contributed by atoms with van der Waals surface area (Å²) in [7, 11) is 1.65. The summed E-state index contributed by atoms with van der Waals surface area (Å²) in [6.45, 7) is 13.7. The van der Waals surface area contributed by atoms with Crippen LogP contribution in [0.1, 0.15) is 20.8 Å². The lowest BCUT2D eigenvalue weighted by atomic mass is 10.2. The van der Waals surface area contributed by atoms with Crippen molar-refractivity contribution in [1.29, 1.82) is 0 Å². The minimum Gasteiger partial charge on any atom is -0.495 e. The van der Waals surface area contributed by atoms with Gasteiger partial charge in [-0.3, -0.25) is 0 Å². The standard InChI is InChI=1S/C16H25N3O2/c1-13(21-16(2,3)4)18-8-10-19(11-9-18)15-7-6-14(20-5)12-17-15/h6-7,12H,1,8-11H2,2-5H3. The molecule has 0 N–H and O–H groups in total. The van der Waals surface area contributed by atoms with Crippen LogP contribution in [0.5, 0.6) is 5.75 Å². The molecule has 0 bridgehead atoms. The molecule has 2 rings (SSSR count). The molecule has 0 unspecified atom stereocenters. The maximum absolute atomic E-state index is 5.83. The maximum atomic E-state index is 5.83. The zero-order valence-corrected chi connectivity index (χ0v) is 13.4. The van der Waals surface area contributed by atoms with Crippen molar-refractivity contribution >= 4 is 5.82 Å². The van der Waals surface area contributed by atoms with Gasteiger partial charge in [0.1, 0.15) is 17.2 Å². The number of ether oxygens (including phenoxy) is 2. The average molecular weight is 291 g/mol. The van der Waals surface area contributed by atoms with Crippen LogP contribution >= 0.6 is 0 Å². The Morgan fingerprint density at radius 1 is 1.19 bits per heavy atom. The Balaban J connectivity index is 1.89. The number of nitrogens with zero attached hydrogens (tertiary/aromatic N) is 3. The second kappa shape index (κ2) is 6.24. The Morgan fingerprint density at radius 2 is 1.86 bits per heavy atom. The summed E-state index contributed by atoms with van der Waals surface area (Å²) in [5, 5.41) is 0. The number of methoxy groups -OCH3 is 1. The number of piperazine rings is 1. The van der Waals surface area contributed by atoms with Gasteiger partial charge < -0.3 is 19.3 Å². The van der Waals surface area contributed by atoms with Crippen LogP contribution in [0.15, 0.2) is 30.8 Å². The van der Waals surface area contributed by atoms with E-state index in [1.54, 1.807) is 13.3 Å². The van der Waals surface area contributed by atoms with Crippen molar-refractivity contribution in [3.63, 3.8) is 0 Å². The number of hydrogen-bond acceptors (Lipinski definition) is 5. The van der Waals surface area contributed by atoms with Gasteiger partial charge in [-0.15, -0.1) is 0 Å². The molecular formula is C16H25N3O2. The molecule has 1 aliphatic rings. The highest BCUT2D eigenvalue weighted by molar-refractivity contribution is 5.41. The lowest BCUT2D eigenvalue weighted by Gasteiger charge is -2.38. The predicted molar refractivity (Wildman–Crippen MR) is 84.6 cm³/mol. The minimum absolute atomic E-state index is 0.203. The molecule has 116 valence electrons. The molecule has 21 heavy (non-hydrogen) atoms. The topological polar surface area (TPSA) is 37.8 Å². The Kier molecular flexibility index (Phi) is 4.60. The second-order valence-corrected chi connectivity index (χ2v) is 6.14. The van der Waals surface area contributed by atoms with E-state index >= 15 is 0 Å². The van der Waals surface area contributed by atoms with Gasteiger partial charge in [-0.1, -0.05) is 0 Å². The molecule has 0 amide bonds. The van der Waals surface area contributed by atoms with Crippen LogP contribution in [0.2, 0.25) is 0 Å². The van der Waals surface area contributed by atoms with Gasteiger partial charge in [-0.25, -0.2) is 4.98 Å². The largest absolute Gasteiger partial charge is 0.495 e. The highest BCUT2D eigenvalue weighted by Gasteiger charge is 2.22. The van der Waals surface area contributed by atoms with E-state index in [0.717, 1.165) is 43.6 Å². The smallest absolute Gasteiger partial charge is 0.182 e. The van der Waals surface area contributed by atoms with Crippen molar-refractivity contribution in [3.8, 4) is 5.75 Å². The van der Waals surface area contributed by atoms with Gasteiger partial charge in [0.25, 0.3) is 0 Å². The molecule has 1 aliphatic heterocycles. The lowest BCUT2D eigenvalue weighted by Crippen LogP contribution is -2.47. The van der Waals surface area contributed by atoms with Crippen molar-refractivity contribution in [2.24, 2.45) is 0 Å². The van der Waals surface area contributed by atoms with Gasteiger partial charge in [-0.05, 0) is 39.5 Å². The molecule has 0 spiro atoms. The van der Waals surface area contributed by atoms with Gasteiger partial charge in [0.2, 0.25) is 0 Å². The summed E-state index contributed by atoms with van der Waals surface area (Å²) in [6.07, 6.45) is 1.75. The molecule has 0 aliphatic carbocycles. The first-order valence-electron chi connectivity index (χ1n) is 7.27. The first-order valence-corrected chi connectivity index (χ1v) is 7.27. The number of aromatic nitrogens is 1. The summed E-state index contributed by atoms with van der Waals surface area (Å²) >= 11 is 0. The monoisotopic (exact) mass is 291 g/mol.